The minimum Gasteiger partial charge on any atom is -0.303 e. The van der Waals surface area contributed by atoms with E-state index in [0.29, 0.717) is 0 Å². The first-order valence-corrected chi connectivity index (χ1v) is 4.72. The van der Waals surface area contributed by atoms with Gasteiger partial charge in [-0.05, 0) is 33.1 Å². The molecule has 68 valence electrons. The molecule has 0 radical (unpaired) electrons. The van der Waals surface area contributed by atoms with Crippen molar-refractivity contribution in [1.82, 2.24) is 5.32 Å². The molecule has 0 amide bonds. The van der Waals surface area contributed by atoms with E-state index >= 15 is 0 Å². The summed E-state index contributed by atoms with van der Waals surface area (Å²) in [5.74, 6) is 7.24. The maximum atomic E-state index is 3.41. The van der Waals surface area contributed by atoms with Crippen molar-refractivity contribution in [3.05, 3.63) is 0 Å². The predicted octanol–water partition coefficient (Wildman–Crippen LogP) is 2.03. The lowest BCUT2D eigenvalue weighted by Crippen LogP contribution is -2.18. The van der Waals surface area contributed by atoms with Crippen molar-refractivity contribution in [2.24, 2.45) is 11.3 Å². The number of hydrogen-bond donors (Lipinski definition) is 1. The van der Waals surface area contributed by atoms with Crippen LogP contribution in [0.5, 0.6) is 0 Å². The van der Waals surface area contributed by atoms with Crippen LogP contribution in [0.1, 0.15) is 34.1 Å². The van der Waals surface area contributed by atoms with Gasteiger partial charge < -0.3 is 5.32 Å². The van der Waals surface area contributed by atoms with Gasteiger partial charge in [0.15, 0.2) is 0 Å². The summed E-state index contributed by atoms with van der Waals surface area (Å²) in [7, 11) is 0. The van der Waals surface area contributed by atoms with Gasteiger partial charge in [0.1, 0.15) is 0 Å². The van der Waals surface area contributed by atoms with E-state index < -0.39 is 0 Å². The van der Waals surface area contributed by atoms with Crippen LogP contribution in [0.4, 0.5) is 0 Å². The van der Waals surface area contributed by atoms with Gasteiger partial charge in [0.05, 0.1) is 6.54 Å². The molecule has 1 saturated carbocycles. The normalized spacial score (nSPS) is 27.7. The van der Waals surface area contributed by atoms with Crippen molar-refractivity contribution in [3.8, 4) is 11.8 Å². The molecule has 2 atom stereocenters. The topological polar surface area (TPSA) is 12.0 Å². The zero-order valence-electron chi connectivity index (χ0n) is 8.57. The fraction of sp³-hybridized carbons (Fsp3) is 0.818. The van der Waals surface area contributed by atoms with E-state index in [4.69, 9.17) is 0 Å². The Balaban J connectivity index is 2.12. The third-order valence-electron chi connectivity index (χ3n) is 2.03. The monoisotopic (exact) mass is 165 g/mol. The van der Waals surface area contributed by atoms with E-state index in [1.807, 2.05) is 0 Å². The molecule has 0 aliphatic heterocycles. The summed E-state index contributed by atoms with van der Waals surface area (Å²) < 4.78 is 0. The minimum atomic E-state index is 0.150. The van der Waals surface area contributed by atoms with Crippen LogP contribution in [0.3, 0.4) is 0 Å². The van der Waals surface area contributed by atoms with Gasteiger partial charge in [-0.25, -0.2) is 0 Å². The van der Waals surface area contributed by atoms with Crippen LogP contribution in [0.15, 0.2) is 0 Å². The highest BCUT2D eigenvalue weighted by Gasteiger charge is 2.31. The van der Waals surface area contributed by atoms with Gasteiger partial charge in [0.2, 0.25) is 0 Å². The van der Waals surface area contributed by atoms with Crippen molar-refractivity contribution in [2.75, 3.05) is 6.54 Å². The second-order valence-electron chi connectivity index (χ2n) is 4.75. The molecular weight excluding hydrogens is 146 g/mol. The molecule has 0 bridgehead atoms. The molecule has 1 aliphatic rings. The van der Waals surface area contributed by atoms with Crippen molar-refractivity contribution >= 4 is 0 Å². The molecule has 1 aliphatic carbocycles. The van der Waals surface area contributed by atoms with Crippen molar-refractivity contribution < 1.29 is 0 Å². The zero-order chi connectivity index (χ0) is 9.19. The number of nitrogens with one attached hydrogen (secondary N) is 1. The largest absolute Gasteiger partial charge is 0.303 e. The summed E-state index contributed by atoms with van der Waals surface area (Å²) in [5, 5.41) is 3.41. The zero-order valence-corrected chi connectivity index (χ0v) is 8.57. The van der Waals surface area contributed by atoms with Crippen molar-refractivity contribution in [1.29, 1.82) is 0 Å². The first-order valence-electron chi connectivity index (χ1n) is 4.72. The highest BCUT2D eigenvalue weighted by Crippen LogP contribution is 2.28. The summed E-state index contributed by atoms with van der Waals surface area (Å²) in [4.78, 5) is 0. The van der Waals surface area contributed by atoms with Crippen LogP contribution >= 0.6 is 0 Å². The SMILES string of the molecule is CC1CC1NCC#CC(C)(C)C. The summed E-state index contributed by atoms with van der Waals surface area (Å²) in [6.45, 7) is 9.54. The lowest BCUT2D eigenvalue weighted by Gasteiger charge is -2.06. The Morgan fingerprint density at radius 1 is 1.42 bits per heavy atom. The molecule has 1 fully saturated rings. The lowest BCUT2D eigenvalue weighted by atomic mass is 9.98. The standard InChI is InChI=1S/C11H19N/c1-9-8-10(9)12-7-5-6-11(2,3)4/h9-10,12H,7-8H2,1-4H3. The summed E-state index contributed by atoms with van der Waals surface area (Å²) >= 11 is 0. The fourth-order valence-electron chi connectivity index (χ4n) is 1.10. The number of hydrogen-bond acceptors (Lipinski definition) is 1. The average molecular weight is 165 g/mol. The van der Waals surface area contributed by atoms with Gasteiger partial charge in [-0.15, -0.1) is 0 Å². The Morgan fingerprint density at radius 2 is 2.00 bits per heavy atom. The van der Waals surface area contributed by atoms with Gasteiger partial charge in [0.25, 0.3) is 0 Å². The molecular formula is C11H19N. The Bertz CT molecular complexity index is 201. The Labute approximate surface area is 75.9 Å². The average Bonchev–Trinajstić information content (AvgIpc) is 2.57. The van der Waals surface area contributed by atoms with Gasteiger partial charge in [-0.2, -0.15) is 0 Å². The minimum absolute atomic E-state index is 0.150. The number of rotatable bonds is 2. The van der Waals surface area contributed by atoms with Gasteiger partial charge in [-0.3, -0.25) is 0 Å². The third kappa shape index (κ3) is 3.78. The van der Waals surface area contributed by atoms with Crippen LogP contribution < -0.4 is 5.32 Å². The molecule has 0 heterocycles. The Hall–Kier alpha value is -0.480. The summed E-state index contributed by atoms with van der Waals surface area (Å²) in [6.07, 6.45) is 1.33. The second kappa shape index (κ2) is 3.49. The van der Waals surface area contributed by atoms with Crippen LogP contribution in [0.2, 0.25) is 0 Å². The van der Waals surface area contributed by atoms with Crippen LogP contribution in [-0.2, 0) is 0 Å². The molecule has 2 unspecified atom stereocenters. The maximum absolute atomic E-state index is 3.41. The Morgan fingerprint density at radius 3 is 2.42 bits per heavy atom. The van der Waals surface area contributed by atoms with Gasteiger partial charge >= 0.3 is 0 Å². The molecule has 0 saturated heterocycles. The molecule has 1 heteroatoms. The quantitative estimate of drug-likeness (QED) is 0.617. The molecule has 1 N–H and O–H groups in total. The molecule has 0 aromatic carbocycles. The maximum Gasteiger partial charge on any atom is 0.0578 e. The Kier molecular flexibility index (Phi) is 2.80. The molecule has 0 aromatic rings. The van der Waals surface area contributed by atoms with Crippen molar-refractivity contribution in [3.63, 3.8) is 0 Å². The van der Waals surface area contributed by atoms with Gasteiger partial charge in [-0.1, -0.05) is 18.8 Å². The van der Waals surface area contributed by atoms with Crippen LogP contribution in [0.25, 0.3) is 0 Å². The molecule has 1 nitrogen and oxygen atoms in total. The van der Waals surface area contributed by atoms with E-state index in [2.05, 4.69) is 44.9 Å². The van der Waals surface area contributed by atoms with E-state index in [9.17, 15) is 0 Å². The van der Waals surface area contributed by atoms with E-state index in [1.54, 1.807) is 0 Å². The van der Waals surface area contributed by atoms with E-state index in [1.165, 1.54) is 6.42 Å². The molecule has 12 heavy (non-hydrogen) atoms. The molecule has 1 rings (SSSR count). The van der Waals surface area contributed by atoms with Crippen LogP contribution in [0, 0.1) is 23.2 Å². The van der Waals surface area contributed by atoms with Gasteiger partial charge in [0, 0.05) is 11.5 Å². The predicted molar refractivity (Wildman–Crippen MR) is 52.8 cm³/mol. The van der Waals surface area contributed by atoms with Crippen LogP contribution in [-0.4, -0.2) is 12.6 Å². The van der Waals surface area contributed by atoms with E-state index in [-0.39, 0.29) is 5.41 Å². The third-order valence-corrected chi connectivity index (χ3v) is 2.03. The second-order valence-corrected chi connectivity index (χ2v) is 4.75. The first-order chi connectivity index (χ1) is 5.49. The van der Waals surface area contributed by atoms with E-state index in [0.717, 1.165) is 18.5 Å². The van der Waals surface area contributed by atoms with Crippen molar-refractivity contribution in [2.45, 2.75) is 40.2 Å². The molecule has 0 aromatic heterocycles. The fourth-order valence-corrected chi connectivity index (χ4v) is 1.10. The highest BCUT2D eigenvalue weighted by atomic mass is 15.0. The molecule has 0 spiro atoms. The first kappa shape index (κ1) is 9.61. The summed E-state index contributed by atoms with van der Waals surface area (Å²) in [5.41, 5.74) is 0.150. The smallest absolute Gasteiger partial charge is 0.0578 e. The lowest BCUT2D eigenvalue weighted by molar-refractivity contribution is 0.569. The highest BCUT2D eigenvalue weighted by molar-refractivity contribution is 5.09. The summed E-state index contributed by atoms with van der Waals surface area (Å²) in [6, 6.07) is 0.749.